The van der Waals surface area contributed by atoms with Crippen molar-refractivity contribution in [3.8, 4) is 0 Å². The van der Waals surface area contributed by atoms with Crippen molar-refractivity contribution in [3.63, 3.8) is 0 Å². The minimum Gasteiger partial charge on any atom is -0.398 e. The Morgan fingerprint density at radius 3 is 2.35 bits per heavy atom. The van der Waals surface area contributed by atoms with Gasteiger partial charge in [0.05, 0.1) is 16.3 Å². The van der Waals surface area contributed by atoms with Crippen molar-refractivity contribution in [1.29, 1.82) is 0 Å². The normalized spacial score (nSPS) is 11.6. The fourth-order valence-electron chi connectivity index (χ4n) is 1.99. The summed E-state index contributed by atoms with van der Waals surface area (Å²) in [6, 6.07) is 10.5. The van der Waals surface area contributed by atoms with E-state index in [0.29, 0.717) is 0 Å². The highest BCUT2D eigenvalue weighted by molar-refractivity contribution is 9.10. The summed E-state index contributed by atoms with van der Waals surface area (Å²) < 4.78 is 25.6. The van der Waals surface area contributed by atoms with Crippen LogP contribution in [0.2, 0.25) is 0 Å². The van der Waals surface area contributed by atoms with Crippen molar-refractivity contribution in [1.82, 2.24) is 0 Å². The van der Waals surface area contributed by atoms with Gasteiger partial charge in [-0.2, -0.15) is 0 Å². The second-order valence-corrected chi connectivity index (χ2v) is 7.73. The Labute approximate surface area is 127 Å². The van der Waals surface area contributed by atoms with E-state index in [-0.39, 0.29) is 16.3 Å². The van der Waals surface area contributed by atoms with Gasteiger partial charge in [-0.1, -0.05) is 34.1 Å². The fourth-order valence-corrected chi connectivity index (χ4v) is 3.84. The summed E-state index contributed by atoms with van der Waals surface area (Å²) in [6.07, 6.45) is 0. The van der Waals surface area contributed by atoms with E-state index >= 15 is 0 Å². The van der Waals surface area contributed by atoms with Crippen molar-refractivity contribution in [2.75, 3.05) is 5.73 Å². The van der Waals surface area contributed by atoms with Crippen LogP contribution < -0.4 is 5.73 Å². The monoisotopic (exact) mass is 353 g/mol. The summed E-state index contributed by atoms with van der Waals surface area (Å²) in [5.74, 6) is -0.0417. The molecule has 5 heteroatoms. The first-order chi connectivity index (χ1) is 9.29. The van der Waals surface area contributed by atoms with Crippen LogP contribution in [-0.2, 0) is 15.6 Å². The molecule has 0 aromatic heterocycles. The van der Waals surface area contributed by atoms with Crippen LogP contribution in [-0.4, -0.2) is 8.42 Å². The number of rotatable bonds is 3. The largest absolute Gasteiger partial charge is 0.398 e. The molecule has 0 bridgehead atoms. The average molecular weight is 354 g/mol. The molecule has 0 heterocycles. The quantitative estimate of drug-likeness (QED) is 0.857. The molecule has 2 N–H and O–H groups in total. The van der Waals surface area contributed by atoms with Crippen molar-refractivity contribution in [2.24, 2.45) is 0 Å². The zero-order valence-corrected chi connectivity index (χ0v) is 13.8. The standard InChI is InChI=1S/C15H16BrNO2S/c1-10-3-4-12(7-11(10)2)9-20(18,19)15-6-5-13(16)8-14(15)17/h3-8H,9,17H2,1-2H3. The maximum atomic E-state index is 12.4. The smallest absolute Gasteiger partial charge is 0.184 e. The number of nitrogens with two attached hydrogens (primary N) is 1. The summed E-state index contributed by atoms with van der Waals surface area (Å²) in [5, 5.41) is 0. The molecule has 0 atom stereocenters. The van der Waals surface area contributed by atoms with Gasteiger partial charge in [-0.05, 0) is 48.7 Å². The molecule has 2 aromatic rings. The van der Waals surface area contributed by atoms with E-state index in [0.717, 1.165) is 21.2 Å². The third-order valence-electron chi connectivity index (χ3n) is 3.23. The molecule has 0 saturated carbocycles. The van der Waals surface area contributed by atoms with Crippen LogP contribution in [0.15, 0.2) is 45.8 Å². The van der Waals surface area contributed by atoms with E-state index in [1.165, 1.54) is 6.07 Å². The van der Waals surface area contributed by atoms with Crippen molar-refractivity contribution >= 4 is 31.5 Å². The van der Waals surface area contributed by atoms with Crippen LogP contribution in [0, 0.1) is 13.8 Å². The molecule has 3 nitrogen and oxygen atoms in total. The molecule has 0 fully saturated rings. The Bertz CT molecular complexity index is 754. The predicted octanol–water partition coefficient (Wildman–Crippen LogP) is 3.62. The average Bonchev–Trinajstić information content (AvgIpc) is 2.33. The lowest BCUT2D eigenvalue weighted by Crippen LogP contribution is -2.08. The number of hydrogen-bond acceptors (Lipinski definition) is 3. The first-order valence-corrected chi connectivity index (χ1v) is 8.58. The van der Waals surface area contributed by atoms with Crippen molar-refractivity contribution in [3.05, 3.63) is 57.6 Å². The number of hydrogen-bond donors (Lipinski definition) is 1. The molecule has 0 spiro atoms. The highest BCUT2D eigenvalue weighted by Gasteiger charge is 2.18. The molecule has 0 amide bonds. The fraction of sp³-hybridized carbons (Fsp3) is 0.200. The van der Waals surface area contributed by atoms with E-state index < -0.39 is 9.84 Å². The predicted molar refractivity (Wildman–Crippen MR) is 85.4 cm³/mol. The summed E-state index contributed by atoms with van der Waals surface area (Å²) in [4.78, 5) is 0.180. The number of nitrogen functional groups attached to an aromatic ring is 1. The molecule has 0 saturated heterocycles. The van der Waals surface area contributed by atoms with Crippen molar-refractivity contribution < 1.29 is 8.42 Å². The first kappa shape index (κ1) is 15.1. The molecule has 0 aliphatic heterocycles. The summed E-state index contributed by atoms with van der Waals surface area (Å²) in [6.45, 7) is 3.97. The highest BCUT2D eigenvalue weighted by Crippen LogP contribution is 2.26. The zero-order chi connectivity index (χ0) is 14.9. The molecule has 0 aliphatic carbocycles. The molecular formula is C15H16BrNO2S. The molecule has 20 heavy (non-hydrogen) atoms. The van der Waals surface area contributed by atoms with E-state index in [1.807, 2.05) is 32.0 Å². The van der Waals surface area contributed by atoms with Crippen LogP contribution in [0.3, 0.4) is 0 Å². The first-order valence-electron chi connectivity index (χ1n) is 6.13. The van der Waals surface area contributed by atoms with Crippen LogP contribution in [0.4, 0.5) is 5.69 Å². The maximum Gasteiger partial charge on any atom is 0.184 e. The SMILES string of the molecule is Cc1ccc(CS(=O)(=O)c2ccc(Br)cc2N)cc1C. The maximum absolute atomic E-state index is 12.4. The van der Waals surface area contributed by atoms with Gasteiger partial charge >= 0.3 is 0 Å². The second-order valence-electron chi connectivity index (χ2n) is 4.86. The zero-order valence-electron chi connectivity index (χ0n) is 11.4. The van der Waals surface area contributed by atoms with Crippen LogP contribution in [0.25, 0.3) is 0 Å². The number of benzene rings is 2. The Kier molecular flexibility index (Phi) is 4.20. The second kappa shape index (κ2) is 5.58. The topological polar surface area (TPSA) is 60.2 Å². The minimum absolute atomic E-state index is 0.0417. The van der Waals surface area contributed by atoms with Crippen LogP contribution >= 0.6 is 15.9 Å². The lowest BCUT2D eigenvalue weighted by Gasteiger charge is -2.09. The molecule has 2 rings (SSSR count). The Morgan fingerprint density at radius 2 is 1.75 bits per heavy atom. The van der Waals surface area contributed by atoms with Gasteiger partial charge in [0, 0.05) is 4.47 Å². The molecule has 2 aromatic carbocycles. The van der Waals surface area contributed by atoms with Crippen LogP contribution in [0.5, 0.6) is 0 Å². The minimum atomic E-state index is -3.44. The molecule has 0 aliphatic rings. The van der Waals surface area contributed by atoms with Gasteiger partial charge in [-0.25, -0.2) is 8.42 Å². The van der Waals surface area contributed by atoms with Gasteiger partial charge in [0.2, 0.25) is 0 Å². The van der Waals surface area contributed by atoms with Crippen molar-refractivity contribution in [2.45, 2.75) is 24.5 Å². The van der Waals surface area contributed by atoms with Crippen LogP contribution in [0.1, 0.15) is 16.7 Å². The van der Waals surface area contributed by atoms with E-state index in [4.69, 9.17) is 5.73 Å². The lowest BCUT2D eigenvalue weighted by molar-refractivity contribution is 0.595. The Balaban J connectivity index is 2.38. The summed E-state index contributed by atoms with van der Waals surface area (Å²) in [5.41, 5.74) is 9.08. The van der Waals surface area contributed by atoms with Gasteiger partial charge in [0.25, 0.3) is 0 Å². The van der Waals surface area contributed by atoms with E-state index in [2.05, 4.69) is 15.9 Å². The third-order valence-corrected chi connectivity index (χ3v) is 5.48. The Morgan fingerprint density at radius 1 is 1.05 bits per heavy atom. The number of halogens is 1. The summed E-state index contributed by atoms with van der Waals surface area (Å²) in [7, 11) is -3.44. The van der Waals surface area contributed by atoms with Gasteiger partial charge in [-0.3, -0.25) is 0 Å². The van der Waals surface area contributed by atoms with Gasteiger partial charge in [0.15, 0.2) is 9.84 Å². The molecular weight excluding hydrogens is 338 g/mol. The number of aryl methyl sites for hydroxylation is 2. The molecule has 0 radical (unpaired) electrons. The number of sulfone groups is 1. The lowest BCUT2D eigenvalue weighted by atomic mass is 10.1. The molecule has 0 unspecified atom stereocenters. The number of anilines is 1. The van der Waals surface area contributed by atoms with E-state index in [9.17, 15) is 8.42 Å². The highest BCUT2D eigenvalue weighted by atomic mass is 79.9. The third kappa shape index (κ3) is 3.22. The molecule has 106 valence electrons. The summed E-state index contributed by atoms with van der Waals surface area (Å²) >= 11 is 3.27. The van der Waals surface area contributed by atoms with E-state index in [1.54, 1.807) is 12.1 Å². The van der Waals surface area contributed by atoms with Gasteiger partial charge < -0.3 is 5.73 Å². The Hall–Kier alpha value is -1.33. The van der Waals surface area contributed by atoms with Gasteiger partial charge in [-0.15, -0.1) is 0 Å². The van der Waals surface area contributed by atoms with Gasteiger partial charge in [0.1, 0.15) is 0 Å².